The topological polar surface area (TPSA) is 59.8 Å². The minimum Gasteiger partial charge on any atom is -0.319 e. The summed E-state index contributed by atoms with van der Waals surface area (Å²) in [6.07, 6.45) is 0. The zero-order valence-electron chi connectivity index (χ0n) is 15.1. The number of hydrogen-bond acceptors (Lipinski definition) is 3. The van der Waals surface area contributed by atoms with Gasteiger partial charge in [-0.1, -0.05) is 40.9 Å². The molecule has 0 aliphatic carbocycles. The largest absolute Gasteiger partial charge is 0.319 e. The van der Waals surface area contributed by atoms with Crippen LogP contribution in [0.15, 0.2) is 66.7 Å². The summed E-state index contributed by atoms with van der Waals surface area (Å²) in [4.78, 5) is 17.1. The van der Waals surface area contributed by atoms with Crippen LogP contribution in [0.4, 0.5) is 10.1 Å². The van der Waals surface area contributed by atoms with Crippen LogP contribution in [0.2, 0.25) is 15.1 Å². The lowest BCUT2D eigenvalue weighted by molar-refractivity contribution is 0.101. The molecule has 0 spiro atoms. The van der Waals surface area contributed by atoms with Crippen molar-refractivity contribution in [3.63, 3.8) is 0 Å². The third-order valence-electron chi connectivity index (χ3n) is 4.14. The maximum absolute atomic E-state index is 13.4. The molecule has 0 radical (unpaired) electrons. The minimum absolute atomic E-state index is 0.0830. The Morgan fingerprint density at radius 2 is 1.70 bits per heavy atom. The second-order valence-corrected chi connectivity index (χ2v) is 7.49. The van der Waals surface area contributed by atoms with Gasteiger partial charge in [0, 0.05) is 16.3 Å². The van der Waals surface area contributed by atoms with Crippen LogP contribution in [0.25, 0.3) is 17.1 Å². The van der Waals surface area contributed by atoms with E-state index >= 15 is 0 Å². The Bertz CT molecular complexity index is 1240. The second-order valence-electron chi connectivity index (χ2n) is 6.24. The molecule has 0 bridgehead atoms. The van der Waals surface area contributed by atoms with Gasteiger partial charge in [-0.25, -0.2) is 14.1 Å². The van der Waals surface area contributed by atoms with Crippen LogP contribution in [-0.4, -0.2) is 20.7 Å². The lowest BCUT2D eigenvalue weighted by atomic mass is 10.2. The normalized spacial score (nSPS) is 10.8. The number of carbonyl (C=O) groups is 1. The number of aromatic nitrogens is 3. The number of halogens is 4. The summed E-state index contributed by atoms with van der Waals surface area (Å²) in [5.74, 6) is -0.664. The first-order valence-corrected chi connectivity index (χ1v) is 9.79. The first-order valence-electron chi connectivity index (χ1n) is 8.66. The fourth-order valence-corrected chi connectivity index (χ4v) is 3.23. The highest BCUT2D eigenvalue weighted by molar-refractivity contribution is 6.42. The predicted molar refractivity (Wildman–Crippen MR) is 116 cm³/mol. The van der Waals surface area contributed by atoms with Crippen molar-refractivity contribution in [1.82, 2.24) is 14.8 Å². The standard InChI is InChI=1S/C21H12Cl3FN4O/c22-13-2-1-3-15(10-13)26-21(30)19-27-20(12-4-6-14(25)7-5-12)29(28-19)16-8-9-17(23)18(24)11-16/h1-11H,(H,26,30). The van der Waals surface area contributed by atoms with E-state index in [2.05, 4.69) is 15.4 Å². The fraction of sp³-hybridized carbons (Fsp3) is 0. The maximum atomic E-state index is 13.4. The Morgan fingerprint density at radius 1 is 0.933 bits per heavy atom. The molecule has 5 nitrogen and oxygen atoms in total. The van der Waals surface area contributed by atoms with E-state index in [9.17, 15) is 9.18 Å². The first-order chi connectivity index (χ1) is 14.4. The maximum Gasteiger partial charge on any atom is 0.295 e. The molecular formula is C21H12Cl3FN4O. The summed E-state index contributed by atoms with van der Waals surface area (Å²) in [6.45, 7) is 0. The summed E-state index contributed by atoms with van der Waals surface area (Å²) < 4.78 is 14.8. The first kappa shape index (κ1) is 20.3. The molecule has 4 rings (SSSR count). The van der Waals surface area contributed by atoms with Gasteiger partial charge in [-0.3, -0.25) is 4.79 Å². The van der Waals surface area contributed by atoms with Gasteiger partial charge in [-0.05, 0) is 60.7 Å². The van der Waals surface area contributed by atoms with E-state index in [0.29, 0.717) is 37.8 Å². The van der Waals surface area contributed by atoms with Gasteiger partial charge in [0.1, 0.15) is 5.82 Å². The molecule has 0 atom stereocenters. The highest BCUT2D eigenvalue weighted by atomic mass is 35.5. The zero-order valence-corrected chi connectivity index (χ0v) is 17.4. The van der Waals surface area contributed by atoms with Gasteiger partial charge >= 0.3 is 0 Å². The van der Waals surface area contributed by atoms with Crippen molar-refractivity contribution in [1.29, 1.82) is 0 Å². The molecule has 0 saturated heterocycles. The molecule has 0 saturated carbocycles. The second kappa shape index (κ2) is 8.44. The number of anilines is 1. The van der Waals surface area contributed by atoms with Crippen molar-refractivity contribution in [2.24, 2.45) is 0 Å². The average molecular weight is 462 g/mol. The van der Waals surface area contributed by atoms with Crippen LogP contribution in [0.5, 0.6) is 0 Å². The van der Waals surface area contributed by atoms with Crippen LogP contribution in [-0.2, 0) is 0 Å². The molecule has 1 aromatic heterocycles. The van der Waals surface area contributed by atoms with E-state index in [-0.39, 0.29) is 5.82 Å². The van der Waals surface area contributed by atoms with Crippen LogP contribution in [0, 0.1) is 5.82 Å². The molecule has 0 unspecified atom stereocenters. The monoisotopic (exact) mass is 460 g/mol. The number of carbonyl (C=O) groups excluding carboxylic acids is 1. The SMILES string of the molecule is O=C(Nc1cccc(Cl)c1)c1nc(-c2ccc(F)cc2)n(-c2ccc(Cl)c(Cl)c2)n1. The molecule has 0 fully saturated rings. The molecule has 1 N–H and O–H groups in total. The molecule has 3 aromatic carbocycles. The third-order valence-corrected chi connectivity index (χ3v) is 5.12. The number of hydrogen-bond donors (Lipinski definition) is 1. The average Bonchev–Trinajstić information content (AvgIpc) is 3.16. The molecular weight excluding hydrogens is 450 g/mol. The van der Waals surface area contributed by atoms with Crippen LogP contribution >= 0.6 is 34.8 Å². The summed E-state index contributed by atoms with van der Waals surface area (Å²) in [5.41, 5.74) is 1.61. The van der Waals surface area contributed by atoms with Crippen molar-refractivity contribution in [2.75, 3.05) is 5.32 Å². The molecule has 0 aliphatic heterocycles. The van der Waals surface area contributed by atoms with Crippen molar-refractivity contribution >= 4 is 46.4 Å². The smallest absolute Gasteiger partial charge is 0.295 e. The molecule has 30 heavy (non-hydrogen) atoms. The Labute approximate surface area is 186 Å². The summed E-state index contributed by atoms with van der Waals surface area (Å²) in [5, 5.41) is 8.21. The summed E-state index contributed by atoms with van der Waals surface area (Å²) in [6, 6.07) is 17.3. The lowest BCUT2D eigenvalue weighted by Gasteiger charge is -2.07. The highest BCUT2D eigenvalue weighted by Crippen LogP contribution is 2.27. The van der Waals surface area contributed by atoms with Gasteiger partial charge in [0.05, 0.1) is 15.7 Å². The Balaban J connectivity index is 1.77. The Kier molecular flexibility index (Phi) is 5.72. The van der Waals surface area contributed by atoms with E-state index < -0.39 is 11.7 Å². The number of amides is 1. The third kappa shape index (κ3) is 4.31. The van der Waals surface area contributed by atoms with E-state index in [1.54, 1.807) is 54.6 Å². The lowest BCUT2D eigenvalue weighted by Crippen LogP contribution is -2.14. The quantitative estimate of drug-likeness (QED) is 0.389. The molecule has 9 heteroatoms. The van der Waals surface area contributed by atoms with Gasteiger partial charge in [-0.2, -0.15) is 0 Å². The predicted octanol–water partition coefficient (Wildman–Crippen LogP) is 6.29. The number of rotatable bonds is 4. The zero-order chi connectivity index (χ0) is 21.3. The molecule has 1 amide bonds. The summed E-state index contributed by atoms with van der Waals surface area (Å²) in [7, 11) is 0. The van der Waals surface area contributed by atoms with E-state index in [1.165, 1.54) is 16.8 Å². The fourth-order valence-electron chi connectivity index (χ4n) is 2.74. The van der Waals surface area contributed by atoms with Crippen molar-refractivity contribution in [3.8, 4) is 17.1 Å². The van der Waals surface area contributed by atoms with Gasteiger partial charge in [0.15, 0.2) is 5.82 Å². The van der Waals surface area contributed by atoms with Crippen molar-refractivity contribution in [3.05, 3.63) is 93.4 Å². The minimum atomic E-state index is -0.528. The van der Waals surface area contributed by atoms with E-state index in [1.807, 2.05) is 0 Å². The summed E-state index contributed by atoms with van der Waals surface area (Å²) >= 11 is 18.1. The van der Waals surface area contributed by atoms with Gasteiger partial charge in [0.25, 0.3) is 5.91 Å². The molecule has 1 heterocycles. The van der Waals surface area contributed by atoms with Gasteiger partial charge in [-0.15, -0.1) is 5.10 Å². The molecule has 4 aromatic rings. The Hall–Kier alpha value is -2.93. The van der Waals surface area contributed by atoms with Gasteiger partial charge in [0.2, 0.25) is 5.82 Å². The molecule has 0 aliphatic rings. The highest BCUT2D eigenvalue weighted by Gasteiger charge is 2.19. The van der Waals surface area contributed by atoms with Crippen LogP contribution < -0.4 is 5.32 Å². The molecule has 150 valence electrons. The number of benzene rings is 3. The van der Waals surface area contributed by atoms with E-state index in [0.717, 1.165) is 0 Å². The van der Waals surface area contributed by atoms with Crippen molar-refractivity contribution in [2.45, 2.75) is 0 Å². The number of nitrogens with one attached hydrogen (secondary N) is 1. The number of nitrogens with zero attached hydrogens (tertiary/aromatic N) is 3. The van der Waals surface area contributed by atoms with E-state index in [4.69, 9.17) is 34.8 Å². The van der Waals surface area contributed by atoms with Crippen LogP contribution in [0.1, 0.15) is 10.6 Å². The van der Waals surface area contributed by atoms with Crippen LogP contribution in [0.3, 0.4) is 0 Å². The van der Waals surface area contributed by atoms with Gasteiger partial charge < -0.3 is 5.32 Å². The van der Waals surface area contributed by atoms with Crippen molar-refractivity contribution < 1.29 is 9.18 Å². The Morgan fingerprint density at radius 3 is 2.40 bits per heavy atom.